The van der Waals surface area contributed by atoms with E-state index < -0.39 is 297 Å². The molecule has 4 amide bonds. The maximum absolute atomic E-state index is 16.6. The van der Waals surface area contributed by atoms with E-state index >= 15 is 105 Å². The smallest absolute Gasteiger partial charge is 0.377 e. The highest BCUT2D eigenvalue weighted by molar-refractivity contribution is 7.06. The van der Waals surface area contributed by atoms with Gasteiger partial charge in [-0.1, -0.05) is 24.3 Å². The molecule has 0 saturated carbocycles. The summed E-state index contributed by atoms with van der Waals surface area (Å²) in [6.07, 6.45) is -14.0. The second-order valence-electron chi connectivity index (χ2n) is 25.1. The molecule has 2 aliphatic heterocycles. The minimum atomic E-state index is -6.65. The van der Waals surface area contributed by atoms with Crippen molar-refractivity contribution >= 4 is 91.1 Å². The highest BCUT2D eigenvalue weighted by Crippen LogP contribution is 2.41. The number of carbonyl (C=O) groups excluding carboxylic acids is 4. The van der Waals surface area contributed by atoms with E-state index in [1.807, 2.05) is 26.0 Å². The Morgan fingerprint density at radius 1 is 0.233 bits per heavy atom. The van der Waals surface area contributed by atoms with Gasteiger partial charge in [0.05, 0.1) is 0 Å². The van der Waals surface area contributed by atoms with Crippen molar-refractivity contribution in [3.8, 4) is 0 Å². The number of hydrogen-bond donors (Lipinski definition) is 0. The van der Waals surface area contributed by atoms with Gasteiger partial charge < -0.3 is 8.96 Å². The van der Waals surface area contributed by atoms with Gasteiger partial charge in [-0.25, -0.2) is 150 Å². The largest absolute Gasteiger partial charge is 0.413 e. The molecule has 116 heavy (non-hydrogen) atoms. The highest BCUT2D eigenvalue weighted by Gasteiger charge is 2.60. The Hall–Kier alpha value is -13.1. The van der Waals surface area contributed by atoms with Crippen LogP contribution in [0, 0.1) is 200 Å². The third kappa shape index (κ3) is 12.1. The van der Waals surface area contributed by atoms with Crippen LogP contribution in [0.15, 0.2) is 122 Å². The van der Waals surface area contributed by atoms with Crippen molar-refractivity contribution in [1.29, 1.82) is 0 Å². The van der Waals surface area contributed by atoms with Crippen LogP contribution < -0.4 is 51.5 Å². The zero-order valence-corrected chi connectivity index (χ0v) is 56.2. The molecule has 0 unspecified atom stereocenters. The van der Waals surface area contributed by atoms with Gasteiger partial charge in [-0.2, -0.15) is 0 Å². The van der Waals surface area contributed by atoms with Gasteiger partial charge in [0.25, 0.3) is 23.6 Å². The van der Waals surface area contributed by atoms with Crippen LogP contribution in [-0.4, -0.2) is 36.2 Å². The molecular formula is C74H26B2F32N4O4. The molecule has 0 atom stereocenters. The molecule has 4 heterocycles. The maximum Gasteiger partial charge on any atom is 0.377 e. The first-order valence-electron chi connectivity index (χ1n) is 31.7. The van der Waals surface area contributed by atoms with Gasteiger partial charge in [0.15, 0.2) is 105 Å². The number of pyridine rings is 2. The second kappa shape index (κ2) is 29.7. The summed E-state index contributed by atoms with van der Waals surface area (Å²) in [6.45, 7) is 3.73. The number of hydrogen-bond acceptors (Lipinski definition) is 4. The third-order valence-corrected chi connectivity index (χ3v) is 18.8. The summed E-state index contributed by atoms with van der Waals surface area (Å²) >= 11 is 0. The number of amides is 4. The van der Waals surface area contributed by atoms with E-state index in [0.29, 0.717) is 36.4 Å². The van der Waals surface area contributed by atoms with E-state index in [1.54, 1.807) is 12.1 Å². The van der Waals surface area contributed by atoms with Crippen molar-refractivity contribution in [1.82, 2.24) is 0 Å². The molecule has 14 rings (SSSR count). The fourth-order valence-electron chi connectivity index (χ4n) is 14.0. The standard InChI is InChI=1S/C60H12B2F30N4O4.2C7H7F/c63-27-21(28(64)40(76)51(87)39(27)75)61(22-29(65)41(77)52(88)42(78)30(22)66,23-31(67)43(79)53(89)44(80)32(23)68)93-9-1-3-13(11-93)95-57(97)15-5-7-17-20-18(8-6-16(19(15)20)58(95)98)60(100)96(59(17)99)14-4-2-10-94(12-14)62(24-33(69)45(81)54(90)46(82)34(24)70,25-35(71)47(83)55(91)48(84)36(25)72)26-37(73)49(85)56(92)50(86)38(26)74;2*1-6-3-2-4-7(8)5-6/h1-12H;2*2-5H,1H3. The van der Waals surface area contributed by atoms with E-state index in [9.17, 15) is 54.3 Å². The molecule has 596 valence electrons. The molecule has 0 saturated heterocycles. The number of benzene rings is 10. The minimum absolute atomic E-state index is 0.0924. The van der Waals surface area contributed by atoms with Gasteiger partial charge in [-0.05, 0) is 131 Å². The number of imide groups is 2. The van der Waals surface area contributed by atoms with E-state index in [4.69, 9.17) is 0 Å². The molecule has 0 aliphatic carbocycles. The van der Waals surface area contributed by atoms with Crippen LogP contribution in [0.5, 0.6) is 0 Å². The Labute approximate surface area is 623 Å². The molecule has 12 aromatic rings. The number of nitrogens with zero attached hydrogens (tertiary/aromatic N) is 4. The van der Waals surface area contributed by atoms with Crippen LogP contribution in [0.1, 0.15) is 52.6 Å². The van der Waals surface area contributed by atoms with Gasteiger partial charge in [0.1, 0.15) is 118 Å². The number of rotatable bonds is 10. The lowest BCUT2D eigenvalue weighted by atomic mass is 9.23. The predicted octanol–water partition coefficient (Wildman–Crippen LogP) is 14.5. The SMILES string of the molecule is Cc1cccc(F)c1.Cc1cccc(F)c1.O=C1c2ccc3c4c(ccc(c24)C(=O)N1c1ccc[n+]([B-](c2c(F)c(F)c(F)c(F)c2F)(c2c(F)c(F)c(F)c(F)c2F)c2c(F)c(F)c(F)c(F)c2F)c1)C(=O)N(c1ccc[n+]([B-](c2c(F)c(F)c(F)c(F)c2F)(c2c(F)c(F)c(F)c(F)c2F)c2c(F)c(F)c(F)c(F)c2F)c1)C3=O. The maximum atomic E-state index is 16.6. The van der Waals surface area contributed by atoms with E-state index in [0.717, 1.165) is 11.1 Å². The van der Waals surface area contributed by atoms with Crippen molar-refractivity contribution < 1.29 is 169 Å². The normalized spacial score (nSPS) is 12.8. The molecule has 2 aliphatic rings. The average Bonchev–Trinajstić information content (AvgIpc) is 0.693. The Kier molecular flexibility index (Phi) is 21.1. The fraction of sp³-hybridized carbons (Fsp3) is 0.0270. The number of carbonyl (C=O) groups is 4. The Morgan fingerprint density at radius 3 is 0.578 bits per heavy atom. The quantitative estimate of drug-likeness (QED) is 0.0449. The van der Waals surface area contributed by atoms with Crippen molar-refractivity contribution in [2.75, 3.05) is 9.80 Å². The van der Waals surface area contributed by atoms with Crippen molar-refractivity contribution in [2.45, 2.75) is 13.8 Å². The second-order valence-corrected chi connectivity index (χ2v) is 25.1. The number of aryl methyl sites for hydroxylation is 2. The van der Waals surface area contributed by atoms with Crippen LogP contribution in [0.3, 0.4) is 0 Å². The lowest BCUT2D eigenvalue weighted by Crippen LogP contribution is -2.88. The van der Waals surface area contributed by atoms with Crippen LogP contribution in [0.25, 0.3) is 10.8 Å². The van der Waals surface area contributed by atoms with E-state index in [1.165, 1.54) is 24.3 Å². The predicted molar refractivity (Wildman–Crippen MR) is 339 cm³/mol. The molecule has 0 N–H and O–H groups in total. The minimum Gasteiger partial charge on any atom is -0.413 e. The Balaban J connectivity index is 0.000000692. The van der Waals surface area contributed by atoms with Gasteiger partial charge in [-0.15, -0.1) is 0 Å². The Morgan fingerprint density at radius 2 is 0.414 bits per heavy atom. The molecular weight excluding hydrogens is 1640 g/mol. The van der Waals surface area contributed by atoms with Crippen LogP contribution in [0.4, 0.5) is 152 Å². The Bertz CT molecular complexity index is 5400. The lowest BCUT2D eigenvalue weighted by molar-refractivity contribution is -0.539. The summed E-state index contributed by atoms with van der Waals surface area (Å²) in [6, 6.07) is 16.2. The molecule has 0 spiro atoms. The molecule has 0 bridgehead atoms. The molecule has 2 aromatic heterocycles. The summed E-state index contributed by atoms with van der Waals surface area (Å²) < 4.78 is 496. The van der Waals surface area contributed by atoms with Gasteiger partial charge in [0.2, 0.25) is 0 Å². The first-order valence-corrected chi connectivity index (χ1v) is 31.7. The first-order chi connectivity index (χ1) is 54.4. The van der Waals surface area contributed by atoms with Crippen molar-refractivity contribution in [3.05, 3.63) is 341 Å². The molecule has 42 heteroatoms. The monoisotopic (exact) mass is 1660 g/mol. The lowest BCUT2D eigenvalue weighted by Gasteiger charge is -2.38. The fourth-order valence-corrected chi connectivity index (χ4v) is 14.0. The van der Waals surface area contributed by atoms with Crippen LogP contribution in [-0.2, 0) is 0 Å². The topological polar surface area (TPSA) is 82.5 Å². The summed E-state index contributed by atoms with van der Waals surface area (Å²) in [5.41, 5.74) is -24.1. The average molecular weight is 1660 g/mol. The number of anilines is 2. The zero-order valence-electron chi connectivity index (χ0n) is 56.2. The molecule has 0 fully saturated rings. The summed E-state index contributed by atoms with van der Waals surface area (Å²) in [5, 5.41) is -1.80. The van der Waals surface area contributed by atoms with Crippen molar-refractivity contribution in [3.63, 3.8) is 0 Å². The zero-order chi connectivity index (χ0) is 85.5. The summed E-state index contributed by atoms with van der Waals surface area (Å²) in [5.74, 6) is -110. The van der Waals surface area contributed by atoms with Crippen molar-refractivity contribution in [2.24, 2.45) is 0 Å². The van der Waals surface area contributed by atoms with Gasteiger partial charge >= 0.3 is 12.6 Å². The van der Waals surface area contributed by atoms with Crippen LogP contribution >= 0.6 is 0 Å². The number of aromatic nitrogens is 2. The van der Waals surface area contributed by atoms with Gasteiger partial charge in [0, 0.05) is 33.0 Å². The number of halogens is 32. The summed E-state index contributed by atoms with van der Waals surface area (Å²) in [4.78, 5) is 58.9. The first kappa shape index (κ1) is 82.4. The van der Waals surface area contributed by atoms with Crippen LogP contribution in [0.2, 0.25) is 0 Å². The molecule has 10 aromatic carbocycles. The van der Waals surface area contributed by atoms with E-state index in [-0.39, 0.29) is 58.4 Å². The third-order valence-electron chi connectivity index (χ3n) is 18.8. The summed E-state index contributed by atoms with van der Waals surface area (Å²) in [7, 11) is 0. The molecule has 0 radical (unpaired) electrons. The molecule has 8 nitrogen and oxygen atoms in total. The van der Waals surface area contributed by atoms with Gasteiger partial charge in [-0.3, -0.25) is 19.2 Å². The highest BCUT2D eigenvalue weighted by atomic mass is 19.2. The van der Waals surface area contributed by atoms with E-state index in [2.05, 4.69) is 0 Å².